The first-order chi connectivity index (χ1) is 11.1. The summed E-state index contributed by atoms with van der Waals surface area (Å²) in [4.78, 5) is 12.9. The minimum absolute atomic E-state index is 0.0188. The van der Waals surface area contributed by atoms with Gasteiger partial charge in [-0.05, 0) is 26.0 Å². The molecular formula is C12H14N4O6S2. The van der Waals surface area contributed by atoms with Crippen molar-refractivity contribution in [3.63, 3.8) is 0 Å². The second kappa shape index (κ2) is 6.86. The Hall–Kier alpha value is -1.99. The van der Waals surface area contributed by atoms with E-state index in [4.69, 9.17) is 5.26 Å². The van der Waals surface area contributed by atoms with Crippen LogP contribution in [-0.4, -0.2) is 45.3 Å². The molecule has 0 radical (unpaired) electrons. The molecule has 2 aromatic rings. The number of phenolic OH excluding ortho intramolecular Hbond substituents is 1. The van der Waals surface area contributed by atoms with Gasteiger partial charge in [0, 0.05) is 11.9 Å². The van der Waals surface area contributed by atoms with Crippen LogP contribution in [0, 0.1) is 13.8 Å². The molecule has 10 nitrogen and oxygen atoms in total. The average molecular weight is 374 g/mol. The standard InChI is InChI=1S/C12H14N4O6S2/c1-6-13-7(2)15-12(14-6)16(3)9-4-8(23-22-18)5-10(11(9)17)24(19,20)21/h4-5,17-18H,1-3H3,(H,19,20,21). The van der Waals surface area contributed by atoms with E-state index in [1.54, 1.807) is 13.8 Å². The average Bonchev–Trinajstić information content (AvgIpc) is 2.46. The molecule has 0 aliphatic rings. The Kier molecular flexibility index (Phi) is 5.25. The molecule has 0 saturated heterocycles. The number of phenols is 1. The maximum atomic E-state index is 11.5. The maximum Gasteiger partial charge on any atom is 0.298 e. The number of anilines is 2. The number of nitrogens with zero attached hydrogens (tertiary/aromatic N) is 4. The van der Waals surface area contributed by atoms with E-state index in [0.717, 1.165) is 6.07 Å². The molecule has 0 fully saturated rings. The lowest BCUT2D eigenvalue weighted by Gasteiger charge is -2.20. The number of rotatable bonds is 5. The Labute approximate surface area is 142 Å². The molecule has 0 unspecified atom stereocenters. The fraction of sp³-hybridized carbons (Fsp3) is 0.250. The van der Waals surface area contributed by atoms with E-state index in [1.807, 2.05) is 0 Å². The molecule has 130 valence electrons. The minimum atomic E-state index is -4.71. The number of aromatic nitrogens is 3. The molecule has 0 atom stereocenters. The van der Waals surface area contributed by atoms with Crippen molar-refractivity contribution in [3.8, 4) is 5.75 Å². The van der Waals surface area contributed by atoms with E-state index in [2.05, 4.69) is 19.3 Å². The van der Waals surface area contributed by atoms with Crippen LogP contribution in [0.2, 0.25) is 0 Å². The summed E-state index contributed by atoms with van der Waals surface area (Å²) in [5, 5.41) is 18.8. The molecule has 1 aromatic heterocycles. The van der Waals surface area contributed by atoms with E-state index < -0.39 is 20.8 Å². The first kappa shape index (κ1) is 18.4. The fourth-order valence-electron chi connectivity index (χ4n) is 1.97. The molecule has 1 heterocycles. The third kappa shape index (κ3) is 3.91. The Morgan fingerprint density at radius 2 is 1.75 bits per heavy atom. The summed E-state index contributed by atoms with van der Waals surface area (Å²) < 4.78 is 36.1. The van der Waals surface area contributed by atoms with Crippen molar-refractivity contribution >= 4 is 33.8 Å². The second-order valence-corrected chi connectivity index (χ2v) is 6.89. The van der Waals surface area contributed by atoms with Crippen molar-refractivity contribution in [1.29, 1.82) is 0 Å². The Morgan fingerprint density at radius 1 is 1.17 bits per heavy atom. The zero-order valence-corrected chi connectivity index (χ0v) is 14.5. The molecule has 0 aliphatic carbocycles. The highest BCUT2D eigenvalue weighted by atomic mass is 32.2. The lowest BCUT2D eigenvalue weighted by molar-refractivity contribution is -0.116. The maximum absolute atomic E-state index is 11.5. The van der Waals surface area contributed by atoms with E-state index in [9.17, 15) is 18.1 Å². The fourth-order valence-corrected chi connectivity index (χ4v) is 3.08. The van der Waals surface area contributed by atoms with Crippen molar-refractivity contribution in [2.45, 2.75) is 23.6 Å². The van der Waals surface area contributed by atoms with Crippen molar-refractivity contribution < 1.29 is 27.7 Å². The topological polar surface area (TPSA) is 146 Å². The van der Waals surface area contributed by atoms with Crippen LogP contribution in [0.5, 0.6) is 5.75 Å². The molecular weight excluding hydrogens is 360 g/mol. The van der Waals surface area contributed by atoms with Crippen molar-refractivity contribution in [1.82, 2.24) is 15.0 Å². The van der Waals surface area contributed by atoms with Gasteiger partial charge >= 0.3 is 0 Å². The monoisotopic (exact) mass is 374 g/mol. The third-order valence-corrected chi connectivity index (χ3v) is 4.32. The van der Waals surface area contributed by atoms with Crippen LogP contribution >= 0.6 is 12.0 Å². The lowest BCUT2D eigenvalue weighted by atomic mass is 10.2. The molecule has 2 rings (SSSR count). The summed E-state index contributed by atoms with van der Waals surface area (Å²) in [6, 6.07) is 2.28. The van der Waals surface area contributed by atoms with Crippen LogP contribution in [0.1, 0.15) is 11.6 Å². The summed E-state index contributed by atoms with van der Waals surface area (Å²) in [7, 11) is -3.22. The zero-order valence-electron chi connectivity index (χ0n) is 12.8. The Bertz CT molecular complexity index is 854. The summed E-state index contributed by atoms with van der Waals surface area (Å²) in [5.41, 5.74) is -0.0188. The first-order valence-electron chi connectivity index (χ1n) is 6.39. The second-order valence-electron chi connectivity index (χ2n) is 4.71. The molecule has 0 saturated carbocycles. The molecule has 0 amide bonds. The van der Waals surface area contributed by atoms with Gasteiger partial charge in [-0.15, -0.1) is 0 Å². The number of hydrogen-bond donors (Lipinski definition) is 3. The van der Waals surface area contributed by atoms with Crippen molar-refractivity contribution in [2.24, 2.45) is 0 Å². The third-order valence-electron chi connectivity index (χ3n) is 2.95. The summed E-state index contributed by atoms with van der Waals surface area (Å²) in [5.74, 6) is 0.327. The molecule has 0 spiro atoms. The molecule has 0 bridgehead atoms. The number of aromatic hydroxyl groups is 1. The van der Waals surface area contributed by atoms with Gasteiger partial charge < -0.3 is 10.0 Å². The summed E-state index contributed by atoms with van der Waals surface area (Å²) in [6.45, 7) is 3.31. The van der Waals surface area contributed by atoms with E-state index >= 15 is 0 Å². The van der Waals surface area contributed by atoms with E-state index in [-0.39, 0.29) is 16.5 Å². The van der Waals surface area contributed by atoms with Crippen LogP contribution in [0.25, 0.3) is 0 Å². The molecule has 3 N–H and O–H groups in total. The highest BCUT2D eigenvalue weighted by Crippen LogP contribution is 2.39. The largest absolute Gasteiger partial charge is 0.504 e. The SMILES string of the molecule is Cc1nc(C)nc(N(C)c2cc(SOO)cc(S(=O)(=O)O)c2O)n1. The molecule has 12 heteroatoms. The van der Waals surface area contributed by atoms with Crippen LogP contribution in [0.4, 0.5) is 11.6 Å². The minimum Gasteiger partial charge on any atom is -0.504 e. The van der Waals surface area contributed by atoms with Crippen LogP contribution in [0.15, 0.2) is 21.9 Å². The molecule has 0 aliphatic heterocycles. The van der Waals surface area contributed by atoms with Crippen molar-refractivity contribution in [2.75, 3.05) is 11.9 Å². The zero-order chi connectivity index (χ0) is 18.1. The first-order valence-corrected chi connectivity index (χ1v) is 8.57. The van der Waals surface area contributed by atoms with Gasteiger partial charge in [0.2, 0.25) is 5.95 Å². The number of benzene rings is 1. The highest BCUT2D eigenvalue weighted by molar-refractivity contribution is 7.94. The normalized spacial score (nSPS) is 11.5. The quantitative estimate of drug-likeness (QED) is 0.304. The van der Waals surface area contributed by atoms with Crippen LogP contribution in [0.3, 0.4) is 0 Å². The number of hydrogen-bond acceptors (Lipinski definition) is 10. The predicted octanol–water partition coefficient (Wildman–Crippen LogP) is 1.71. The van der Waals surface area contributed by atoms with E-state index in [0.29, 0.717) is 23.7 Å². The Morgan fingerprint density at radius 3 is 2.25 bits per heavy atom. The molecule has 24 heavy (non-hydrogen) atoms. The van der Waals surface area contributed by atoms with Gasteiger partial charge in [0.15, 0.2) is 5.75 Å². The van der Waals surface area contributed by atoms with Crippen molar-refractivity contribution in [3.05, 3.63) is 23.8 Å². The van der Waals surface area contributed by atoms with Gasteiger partial charge in [0.1, 0.15) is 16.5 Å². The van der Waals surface area contributed by atoms with Gasteiger partial charge in [0.25, 0.3) is 10.1 Å². The number of aryl methyl sites for hydroxylation is 2. The Balaban J connectivity index is 2.65. The van der Waals surface area contributed by atoms with Gasteiger partial charge in [-0.25, -0.2) is 10.2 Å². The van der Waals surface area contributed by atoms with E-state index in [1.165, 1.54) is 18.0 Å². The van der Waals surface area contributed by atoms with Gasteiger partial charge in [-0.3, -0.25) is 4.55 Å². The van der Waals surface area contributed by atoms with Gasteiger partial charge in [-0.2, -0.15) is 22.7 Å². The van der Waals surface area contributed by atoms with Gasteiger partial charge in [0.05, 0.1) is 17.7 Å². The predicted molar refractivity (Wildman–Crippen MR) is 84.9 cm³/mol. The lowest BCUT2D eigenvalue weighted by Crippen LogP contribution is -2.16. The van der Waals surface area contributed by atoms with Crippen LogP contribution in [-0.2, 0) is 14.5 Å². The van der Waals surface area contributed by atoms with Crippen LogP contribution < -0.4 is 4.90 Å². The molecule has 1 aromatic carbocycles. The highest BCUT2D eigenvalue weighted by Gasteiger charge is 2.24. The smallest absolute Gasteiger partial charge is 0.298 e. The summed E-state index contributed by atoms with van der Waals surface area (Å²) in [6.07, 6.45) is 0. The summed E-state index contributed by atoms with van der Waals surface area (Å²) >= 11 is 0.436. The van der Waals surface area contributed by atoms with Gasteiger partial charge in [-0.1, -0.05) is 0 Å².